The van der Waals surface area contributed by atoms with Gasteiger partial charge >= 0.3 is 6.03 Å². The average Bonchev–Trinajstić information content (AvgIpc) is 2.83. The van der Waals surface area contributed by atoms with Gasteiger partial charge in [0.1, 0.15) is 0 Å². The lowest BCUT2D eigenvalue weighted by atomic mass is 10.0. The minimum atomic E-state index is -0.556. The number of nitrogens with two attached hydrogens (primary N) is 1. The molecular weight excluding hydrogens is 418 g/mol. The molecule has 0 aromatic carbocycles. The summed E-state index contributed by atoms with van der Waals surface area (Å²) in [5.41, 5.74) is 8.77. The van der Waals surface area contributed by atoms with Crippen molar-refractivity contribution in [1.82, 2.24) is 5.43 Å². The molecule has 0 heterocycles. The van der Waals surface area contributed by atoms with E-state index in [4.69, 9.17) is 5.73 Å². The maximum atomic E-state index is 11.0. The second-order valence-corrected chi connectivity index (χ2v) is 10.4. The Balaban J connectivity index is 3.55. The van der Waals surface area contributed by atoms with Crippen LogP contribution in [0, 0.1) is 0 Å². The number of nitrogens with one attached hydrogen (secondary N) is 1. The molecule has 34 heavy (non-hydrogen) atoms. The Hall–Kier alpha value is -1.06. The molecule has 0 aliphatic rings. The molecule has 0 saturated carbocycles. The van der Waals surface area contributed by atoms with Gasteiger partial charge in [-0.25, -0.2) is 10.2 Å². The lowest BCUT2D eigenvalue weighted by Gasteiger charge is -2.07. The van der Waals surface area contributed by atoms with Crippen molar-refractivity contribution in [1.29, 1.82) is 0 Å². The van der Waals surface area contributed by atoms with Crippen LogP contribution >= 0.6 is 0 Å². The van der Waals surface area contributed by atoms with Crippen molar-refractivity contribution in [2.24, 2.45) is 10.8 Å². The summed E-state index contributed by atoms with van der Waals surface area (Å²) >= 11 is 0. The summed E-state index contributed by atoms with van der Waals surface area (Å²) in [4.78, 5) is 11.0. The number of hydrazone groups is 1. The fraction of sp³-hybridized carbons (Fsp3) is 0.933. The molecule has 0 saturated heterocycles. The van der Waals surface area contributed by atoms with Gasteiger partial charge in [-0.05, 0) is 25.7 Å². The quantitative estimate of drug-likeness (QED) is 0.0686. The van der Waals surface area contributed by atoms with Crippen LogP contribution in [-0.4, -0.2) is 11.7 Å². The zero-order chi connectivity index (χ0) is 25.0. The van der Waals surface area contributed by atoms with Crippen molar-refractivity contribution in [3.8, 4) is 0 Å². The standard InChI is InChI=1S/C30H61N3O/c1-3-5-7-9-11-12-13-14-15-16-17-18-19-20-22-24-26-28-29(32-33-30(31)34)27-25-23-21-10-8-6-4-2/h3-28H2,1-2H3,(H3,31,33,34). The predicted molar refractivity (Wildman–Crippen MR) is 152 cm³/mol. The van der Waals surface area contributed by atoms with Crippen molar-refractivity contribution < 1.29 is 4.79 Å². The van der Waals surface area contributed by atoms with Gasteiger partial charge < -0.3 is 5.73 Å². The fourth-order valence-electron chi connectivity index (χ4n) is 4.71. The summed E-state index contributed by atoms with van der Waals surface area (Å²) in [5, 5.41) is 4.27. The summed E-state index contributed by atoms with van der Waals surface area (Å²) in [6.45, 7) is 4.55. The first-order valence-corrected chi connectivity index (χ1v) is 15.3. The van der Waals surface area contributed by atoms with Gasteiger partial charge in [0, 0.05) is 5.71 Å². The van der Waals surface area contributed by atoms with Crippen molar-refractivity contribution in [3.05, 3.63) is 0 Å². The number of hydrogen-bond acceptors (Lipinski definition) is 2. The molecule has 0 atom stereocenters. The number of unbranched alkanes of at least 4 members (excludes halogenated alkanes) is 22. The highest BCUT2D eigenvalue weighted by Gasteiger charge is 2.02. The molecule has 0 aliphatic carbocycles. The lowest BCUT2D eigenvalue weighted by molar-refractivity contribution is 0.249. The minimum absolute atomic E-state index is 0.556. The molecular formula is C30H61N3O. The molecule has 0 aromatic rings. The summed E-state index contributed by atoms with van der Waals surface area (Å²) < 4.78 is 0. The third-order valence-corrected chi connectivity index (χ3v) is 6.96. The summed E-state index contributed by atoms with van der Waals surface area (Å²) in [6.07, 6.45) is 34.8. The zero-order valence-electron chi connectivity index (χ0n) is 23.3. The van der Waals surface area contributed by atoms with Gasteiger partial charge in [0.15, 0.2) is 0 Å². The maximum absolute atomic E-state index is 11.0. The van der Waals surface area contributed by atoms with E-state index in [0.717, 1.165) is 18.6 Å². The first-order chi connectivity index (χ1) is 16.7. The van der Waals surface area contributed by atoms with E-state index in [1.54, 1.807) is 0 Å². The molecule has 2 amide bonds. The van der Waals surface area contributed by atoms with Gasteiger partial charge in [-0.15, -0.1) is 0 Å². The molecule has 202 valence electrons. The van der Waals surface area contributed by atoms with Crippen LogP contribution < -0.4 is 11.2 Å². The van der Waals surface area contributed by atoms with E-state index in [1.807, 2.05) is 0 Å². The number of carbonyl (C=O) groups excluding carboxylic acids is 1. The monoisotopic (exact) mass is 479 g/mol. The Labute approximate surface area is 213 Å². The largest absolute Gasteiger partial charge is 0.350 e. The fourth-order valence-corrected chi connectivity index (χ4v) is 4.71. The Morgan fingerprint density at radius 3 is 1.03 bits per heavy atom. The molecule has 3 N–H and O–H groups in total. The van der Waals surface area contributed by atoms with Gasteiger partial charge in [0.2, 0.25) is 0 Å². The van der Waals surface area contributed by atoms with Crippen LogP contribution in [-0.2, 0) is 0 Å². The second kappa shape index (κ2) is 28.2. The van der Waals surface area contributed by atoms with Crippen LogP contribution in [0.25, 0.3) is 0 Å². The highest BCUT2D eigenvalue weighted by molar-refractivity contribution is 5.85. The van der Waals surface area contributed by atoms with E-state index in [1.165, 1.54) is 154 Å². The topological polar surface area (TPSA) is 67.5 Å². The maximum Gasteiger partial charge on any atom is 0.332 e. The summed E-state index contributed by atoms with van der Waals surface area (Å²) in [7, 11) is 0. The van der Waals surface area contributed by atoms with Gasteiger partial charge in [-0.2, -0.15) is 5.10 Å². The molecule has 0 radical (unpaired) electrons. The van der Waals surface area contributed by atoms with E-state index < -0.39 is 6.03 Å². The Morgan fingerprint density at radius 1 is 0.500 bits per heavy atom. The zero-order valence-corrected chi connectivity index (χ0v) is 23.3. The van der Waals surface area contributed by atoms with Crippen molar-refractivity contribution in [3.63, 3.8) is 0 Å². The first-order valence-electron chi connectivity index (χ1n) is 15.3. The molecule has 4 nitrogen and oxygen atoms in total. The molecule has 0 aliphatic heterocycles. The Bertz CT molecular complexity index is 450. The molecule has 0 spiro atoms. The van der Waals surface area contributed by atoms with Gasteiger partial charge in [0.05, 0.1) is 0 Å². The van der Waals surface area contributed by atoms with E-state index in [2.05, 4.69) is 24.4 Å². The number of hydrogen-bond donors (Lipinski definition) is 2. The number of amides is 2. The predicted octanol–water partition coefficient (Wildman–Crippen LogP) is 10.2. The van der Waals surface area contributed by atoms with E-state index >= 15 is 0 Å². The van der Waals surface area contributed by atoms with Crippen LogP contribution in [0.3, 0.4) is 0 Å². The molecule has 0 bridgehead atoms. The SMILES string of the molecule is CCCCCCCCCCCCCCCCCCCC(CCCCCCCCC)=NNC(N)=O. The lowest BCUT2D eigenvalue weighted by Crippen LogP contribution is -2.25. The van der Waals surface area contributed by atoms with Crippen LogP contribution in [0.1, 0.15) is 181 Å². The van der Waals surface area contributed by atoms with Gasteiger partial charge in [-0.3, -0.25) is 0 Å². The van der Waals surface area contributed by atoms with Crippen LogP contribution in [0.15, 0.2) is 5.10 Å². The smallest absolute Gasteiger partial charge is 0.332 e. The average molecular weight is 480 g/mol. The first kappa shape index (κ1) is 32.9. The van der Waals surface area contributed by atoms with Crippen molar-refractivity contribution in [2.45, 2.75) is 181 Å². The number of primary amides is 1. The molecule has 0 rings (SSSR count). The van der Waals surface area contributed by atoms with E-state index in [-0.39, 0.29) is 0 Å². The molecule has 0 fully saturated rings. The normalized spacial score (nSPS) is 11.8. The van der Waals surface area contributed by atoms with Crippen molar-refractivity contribution in [2.75, 3.05) is 0 Å². The van der Waals surface area contributed by atoms with Gasteiger partial charge in [-0.1, -0.05) is 155 Å². The molecule has 4 heteroatoms. The number of carbonyl (C=O) groups is 1. The van der Waals surface area contributed by atoms with E-state index in [0.29, 0.717) is 0 Å². The van der Waals surface area contributed by atoms with Gasteiger partial charge in [0.25, 0.3) is 0 Å². The minimum Gasteiger partial charge on any atom is -0.350 e. The summed E-state index contributed by atoms with van der Waals surface area (Å²) in [6, 6.07) is -0.556. The number of nitrogens with zero attached hydrogens (tertiary/aromatic N) is 1. The highest BCUT2D eigenvalue weighted by Crippen LogP contribution is 2.15. The molecule has 0 unspecified atom stereocenters. The second-order valence-electron chi connectivity index (χ2n) is 10.4. The third-order valence-electron chi connectivity index (χ3n) is 6.96. The summed E-state index contributed by atoms with van der Waals surface area (Å²) in [5.74, 6) is 0. The van der Waals surface area contributed by atoms with E-state index in [9.17, 15) is 4.79 Å². The van der Waals surface area contributed by atoms with Crippen molar-refractivity contribution >= 4 is 11.7 Å². The Morgan fingerprint density at radius 2 is 0.765 bits per heavy atom. The van der Waals surface area contributed by atoms with Crippen LogP contribution in [0.4, 0.5) is 4.79 Å². The number of rotatable bonds is 27. The van der Waals surface area contributed by atoms with Crippen LogP contribution in [0.2, 0.25) is 0 Å². The Kier molecular flexibility index (Phi) is 27.3. The van der Waals surface area contributed by atoms with Crippen LogP contribution in [0.5, 0.6) is 0 Å². The highest BCUT2D eigenvalue weighted by atomic mass is 16.2. The number of urea groups is 1. The third kappa shape index (κ3) is 27.2. The molecule has 0 aromatic heterocycles.